The van der Waals surface area contributed by atoms with Gasteiger partial charge in [0.05, 0.1) is 5.71 Å². The third-order valence-electron chi connectivity index (χ3n) is 6.71. The molecular formula is C24H36N2O2. The lowest BCUT2D eigenvalue weighted by atomic mass is 9.66. The minimum absolute atomic E-state index is 0.0610. The summed E-state index contributed by atoms with van der Waals surface area (Å²) in [5.41, 5.74) is 3.43. The van der Waals surface area contributed by atoms with Crippen molar-refractivity contribution in [1.82, 2.24) is 5.43 Å². The summed E-state index contributed by atoms with van der Waals surface area (Å²) in [6.45, 7) is 2.11. The zero-order valence-corrected chi connectivity index (χ0v) is 17.3. The lowest BCUT2D eigenvalue weighted by Crippen LogP contribution is -2.57. The molecule has 2 saturated carbocycles. The van der Waals surface area contributed by atoms with Gasteiger partial charge in [0.1, 0.15) is 0 Å². The van der Waals surface area contributed by atoms with Gasteiger partial charge in [0.2, 0.25) is 0 Å². The highest BCUT2D eigenvalue weighted by Crippen LogP contribution is 2.43. The number of carbonyl (C=O) groups excluding carboxylic acids is 1. The summed E-state index contributed by atoms with van der Waals surface area (Å²) < 4.78 is 0. The van der Waals surface area contributed by atoms with Crippen LogP contribution in [0.4, 0.5) is 0 Å². The molecule has 28 heavy (non-hydrogen) atoms. The van der Waals surface area contributed by atoms with Gasteiger partial charge < -0.3 is 5.11 Å². The molecule has 0 aliphatic heterocycles. The molecule has 1 amide bonds. The number of benzene rings is 1. The highest BCUT2D eigenvalue weighted by atomic mass is 16.3. The maximum absolute atomic E-state index is 13.3. The second kappa shape index (κ2) is 10.2. The normalized spacial score (nSPS) is 20.1. The number of rotatable bonds is 7. The van der Waals surface area contributed by atoms with Gasteiger partial charge in [-0.05, 0) is 49.5 Å². The molecule has 0 unspecified atom stereocenters. The van der Waals surface area contributed by atoms with Crippen LogP contribution in [0.3, 0.4) is 0 Å². The zero-order valence-electron chi connectivity index (χ0n) is 17.3. The van der Waals surface area contributed by atoms with Crippen LogP contribution in [0.2, 0.25) is 0 Å². The van der Waals surface area contributed by atoms with Gasteiger partial charge in [0, 0.05) is 0 Å². The van der Waals surface area contributed by atoms with Crippen molar-refractivity contribution in [3.8, 4) is 0 Å². The summed E-state index contributed by atoms with van der Waals surface area (Å²) in [5, 5.41) is 16.3. The van der Waals surface area contributed by atoms with Crippen molar-refractivity contribution < 1.29 is 9.90 Å². The van der Waals surface area contributed by atoms with Gasteiger partial charge in [-0.2, -0.15) is 5.10 Å². The fourth-order valence-electron chi connectivity index (χ4n) is 5.13. The Hall–Kier alpha value is -1.68. The minimum atomic E-state index is -1.28. The van der Waals surface area contributed by atoms with Gasteiger partial charge >= 0.3 is 0 Å². The highest BCUT2D eigenvalue weighted by Gasteiger charge is 2.50. The molecule has 4 heteroatoms. The van der Waals surface area contributed by atoms with Crippen molar-refractivity contribution in [2.75, 3.05) is 0 Å². The molecule has 2 N–H and O–H groups in total. The van der Waals surface area contributed by atoms with E-state index in [2.05, 4.69) is 17.5 Å². The van der Waals surface area contributed by atoms with Crippen LogP contribution in [0.25, 0.3) is 0 Å². The van der Waals surface area contributed by atoms with Crippen LogP contribution in [0.5, 0.6) is 0 Å². The van der Waals surface area contributed by atoms with Crippen LogP contribution in [-0.2, 0) is 4.79 Å². The van der Waals surface area contributed by atoms with E-state index in [1.54, 1.807) is 0 Å². The number of carbonyl (C=O) groups is 1. The monoisotopic (exact) mass is 384 g/mol. The Labute approximate surface area is 169 Å². The topological polar surface area (TPSA) is 61.7 Å². The van der Waals surface area contributed by atoms with Crippen molar-refractivity contribution in [2.45, 2.75) is 89.6 Å². The van der Waals surface area contributed by atoms with E-state index in [0.29, 0.717) is 0 Å². The van der Waals surface area contributed by atoms with Crippen molar-refractivity contribution in [3.63, 3.8) is 0 Å². The van der Waals surface area contributed by atoms with Crippen LogP contribution >= 0.6 is 0 Å². The number of amides is 1. The Balaban J connectivity index is 1.81. The van der Waals surface area contributed by atoms with Crippen molar-refractivity contribution in [2.24, 2.45) is 16.9 Å². The molecule has 2 aliphatic carbocycles. The lowest BCUT2D eigenvalue weighted by Gasteiger charge is -2.43. The van der Waals surface area contributed by atoms with E-state index in [-0.39, 0.29) is 17.7 Å². The lowest BCUT2D eigenvalue weighted by molar-refractivity contribution is -0.159. The first-order chi connectivity index (χ1) is 13.7. The summed E-state index contributed by atoms with van der Waals surface area (Å²) in [6, 6.07) is 10.0. The smallest absolute Gasteiger partial charge is 0.272 e. The Morgan fingerprint density at radius 3 is 2.04 bits per heavy atom. The maximum Gasteiger partial charge on any atom is 0.272 e. The Morgan fingerprint density at radius 2 is 1.54 bits per heavy atom. The fraction of sp³-hybridized carbons (Fsp3) is 0.667. The van der Waals surface area contributed by atoms with Gasteiger partial charge in [0.15, 0.2) is 5.60 Å². The zero-order chi connectivity index (χ0) is 19.8. The molecule has 4 nitrogen and oxygen atoms in total. The minimum Gasteiger partial charge on any atom is -0.379 e. The molecule has 3 rings (SSSR count). The van der Waals surface area contributed by atoms with Crippen LogP contribution in [-0.4, -0.2) is 22.3 Å². The Bertz CT molecular complexity index is 626. The summed E-state index contributed by atoms with van der Waals surface area (Å²) in [5.74, 6) is -0.160. The Kier molecular flexibility index (Phi) is 7.66. The van der Waals surface area contributed by atoms with Crippen molar-refractivity contribution >= 4 is 11.6 Å². The van der Waals surface area contributed by atoms with Gasteiger partial charge in [-0.3, -0.25) is 4.79 Å². The number of hydrogen-bond donors (Lipinski definition) is 2. The van der Waals surface area contributed by atoms with Gasteiger partial charge in [-0.1, -0.05) is 82.2 Å². The average Bonchev–Trinajstić information content (AvgIpc) is 2.77. The molecule has 0 heterocycles. The van der Waals surface area contributed by atoms with Crippen LogP contribution < -0.4 is 5.43 Å². The standard InChI is InChI=1S/C24H36N2O2/c1-2-12-22(19-13-6-3-7-14-19)25-26-23(27)24(28,20-15-8-4-9-16-20)21-17-10-5-11-18-21/h3,6-7,13-14,20-21,28H,2,4-5,8-12,15-18H2,1H3,(H,26,27)/b25-22+. The molecule has 0 aromatic heterocycles. The maximum atomic E-state index is 13.3. The number of nitrogens with one attached hydrogen (secondary N) is 1. The summed E-state index contributed by atoms with van der Waals surface area (Å²) >= 11 is 0. The quantitative estimate of drug-likeness (QED) is 0.501. The van der Waals surface area contributed by atoms with E-state index >= 15 is 0 Å². The van der Waals surface area contributed by atoms with E-state index in [9.17, 15) is 9.90 Å². The van der Waals surface area contributed by atoms with Crippen LogP contribution in [0.15, 0.2) is 35.4 Å². The van der Waals surface area contributed by atoms with E-state index in [0.717, 1.165) is 75.5 Å². The molecule has 1 aromatic carbocycles. The number of nitrogens with zero attached hydrogens (tertiary/aromatic N) is 1. The molecule has 154 valence electrons. The van der Waals surface area contributed by atoms with E-state index in [1.807, 2.05) is 30.3 Å². The SMILES string of the molecule is CCC/C(=N\NC(=O)C(O)(C1CCCCC1)C1CCCCC1)c1ccccc1. The third-order valence-corrected chi connectivity index (χ3v) is 6.71. The molecular weight excluding hydrogens is 348 g/mol. The van der Waals surface area contributed by atoms with Crippen molar-refractivity contribution in [3.05, 3.63) is 35.9 Å². The van der Waals surface area contributed by atoms with Gasteiger partial charge in [-0.25, -0.2) is 5.43 Å². The molecule has 0 saturated heterocycles. The number of hydrogen-bond acceptors (Lipinski definition) is 3. The van der Waals surface area contributed by atoms with E-state index < -0.39 is 5.60 Å². The highest BCUT2D eigenvalue weighted by molar-refractivity contribution is 6.01. The van der Waals surface area contributed by atoms with E-state index in [4.69, 9.17) is 0 Å². The predicted octanol–water partition coefficient (Wildman–Crippen LogP) is 5.20. The molecule has 0 atom stereocenters. The van der Waals surface area contributed by atoms with Crippen molar-refractivity contribution in [1.29, 1.82) is 0 Å². The van der Waals surface area contributed by atoms with Crippen LogP contribution in [0, 0.1) is 11.8 Å². The average molecular weight is 385 g/mol. The number of aliphatic hydroxyl groups is 1. The fourth-order valence-corrected chi connectivity index (χ4v) is 5.13. The molecule has 2 fully saturated rings. The molecule has 2 aliphatic rings. The first kappa shape index (κ1) is 21.0. The summed E-state index contributed by atoms with van der Waals surface area (Å²) in [7, 11) is 0. The van der Waals surface area contributed by atoms with E-state index in [1.165, 1.54) is 12.8 Å². The summed E-state index contributed by atoms with van der Waals surface area (Å²) in [6.07, 6.45) is 12.4. The first-order valence-electron chi connectivity index (χ1n) is 11.3. The second-order valence-corrected chi connectivity index (χ2v) is 8.61. The molecule has 0 spiro atoms. The molecule has 1 aromatic rings. The predicted molar refractivity (Wildman–Crippen MR) is 114 cm³/mol. The largest absolute Gasteiger partial charge is 0.379 e. The first-order valence-corrected chi connectivity index (χ1v) is 11.3. The van der Waals surface area contributed by atoms with Gasteiger partial charge in [-0.15, -0.1) is 0 Å². The molecule has 0 radical (unpaired) electrons. The van der Waals surface area contributed by atoms with Gasteiger partial charge in [0.25, 0.3) is 5.91 Å². The van der Waals surface area contributed by atoms with Crippen LogP contribution in [0.1, 0.15) is 89.5 Å². The Morgan fingerprint density at radius 1 is 1.00 bits per heavy atom. The summed E-state index contributed by atoms with van der Waals surface area (Å²) in [4.78, 5) is 13.3. The molecule has 0 bridgehead atoms. The number of hydrazone groups is 1. The second-order valence-electron chi connectivity index (χ2n) is 8.61. The third kappa shape index (κ3) is 4.83.